The van der Waals surface area contributed by atoms with Gasteiger partial charge in [-0.05, 0) is 32.0 Å². The van der Waals surface area contributed by atoms with E-state index >= 15 is 0 Å². The molecule has 1 heterocycles. The van der Waals surface area contributed by atoms with E-state index in [0.717, 1.165) is 5.56 Å². The van der Waals surface area contributed by atoms with Crippen molar-refractivity contribution in [3.63, 3.8) is 0 Å². The molecule has 2 aromatic rings. The van der Waals surface area contributed by atoms with E-state index < -0.39 is 12.1 Å². The van der Waals surface area contributed by atoms with Crippen molar-refractivity contribution in [2.75, 3.05) is 6.79 Å². The van der Waals surface area contributed by atoms with E-state index in [0.29, 0.717) is 22.6 Å². The molecule has 1 unspecified atom stereocenters. The van der Waals surface area contributed by atoms with Crippen LogP contribution in [0.1, 0.15) is 33.2 Å². The molecule has 2 aromatic carbocycles. The Bertz CT molecular complexity index is 749. The lowest BCUT2D eigenvalue weighted by molar-refractivity contribution is 0.0318. The lowest BCUT2D eigenvalue weighted by atomic mass is 10.1. The maximum absolute atomic E-state index is 12.3. The first kappa shape index (κ1) is 15.1. The zero-order valence-electron chi connectivity index (χ0n) is 12.9. The standard InChI is InChI=1S/C18H16O5/c1-11-3-5-13(6-4-11)17(19)12(2)23-18(20)14-7-8-15-16(9-14)22-10-21-15/h3-9,12H,10H2,1-2H3. The minimum absolute atomic E-state index is 0.135. The molecule has 23 heavy (non-hydrogen) atoms. The van der Waals surface area contributed by atoms with Crippen LogP contribution in [0.4, 0.5) is 0 Å². The highest BCUT2D eigenvalue weighted by atomic mass is 16.7. The molecule has 5 heteroatoms. The zero-order valence-corrected chi connectivity index (χ0v) is 12.9. The molecule has 0 bridgehead atoms. The molecule has 0 spiro atoms. The topological polar surface area (TPSA) is 61.8 Å². The molecule has 0 saturated heterocycles. The summed E-state index contributed by atoms with van der Waals surface area (Å²) in [5.74, 6) is 0.276. The van der Waals surface area contributed by atoms with Gasteiger partial charge in [-0.25, -0.2) is 4.79 Å². The van der Waals surface area contributed by atoms with Gasteiger partial charge in [0.05, 0.1) is 5.56 Å². The summed E-state index contributed by atoms with van der Waals surface area (Å²) in [5, 5.41) is 0. The van der Waals surface area contributed by atoms with E-state index in [2.05, 4.69) is 0 Å². The van der Waals surface area contributed by atoms with Crippen LogP contribution in [0.15, 0.2) is 42.5 Å². The summed E-state index contributed by atoms with van der Waals surface area (Å²) in [6.07, 6.45) is -0.865. The smallest absolute Gasteiger partial charge is 0.338 e. The molecule has 1 atom stereocenters. The highest BCUT2D eigenvalue weighted by Crippen LogP contribution is 2.32. The van der Waals surface area contributed by atoms with Gasteiger partial charge in [-0.15, -0.1) is 0 Å². The SMILES string of the molecule is Cc1ccc(C(=O)C(C)OC(=O)c2ccc3c(c2)OCO3)cc1. The van der Waals surface area contributed by atoms with Crippen LogP contribution in [0.2, 0.25) is 0 Å². The molecule has 0 aliphatic carbocycles. The van der Waals surface area contributed by atoms with Gasteiger partial charge >= 0.3 is 5.97 Å². The normalized spacial score (nSPS) is 13.5. The molecule has 0 aromatic heterocycles. The summed E-state index contributed by atoms with van der Waals surface area (Å²) in [5.41, 5.74) is 1.89. The fraction of sp³-hybridized carbons (Fsp3) is 0.222. The van der Waals surface area contributed by atoms with Crippen LogP contribution in [0.25, 0.3) is 0 Å². The minimum Gasteiger partial charge on any atom is -0.454 e. The van der Waals surface area contributed by atoms with Crippen molar-refractivity contribution in [3.05, 3.63) is 59.2 Å². The molecule has 118 valence electrons. The summed E-state index contributed by atoms with van der Waals surface area (Å²) in [6.45, 7) is 3.64. The van der Waals surface area contributed by atoms with Crippen LogP contribution in [0.3, 0.4) is 0 Å². The quantitative estimate of drug-likeness (QED) is 0.641. The lowest BCUT2D eigenvalue weighted by Crippen LogP contribution is -2.24. The number of rotatable bonds is 4. The summed E-state index contributed by atoms with van der Waals surface area (Å²) in [7, 11) is 0. The van der Waals surface area contributed by atoms with Crippen LogP contribution in [0, 0.1) is 6.92 Å². The Morgan fingerprint density at radius 2 is 1.65 bits per heavy atom. The number of benzene rings is 2. The van der Waals surface area contributed by atoms with Gasteiger partial charge in [-0.3, -0.25) is 4.79 Å². The van der Waals surface area contributed by atoms with Crippen molar-refractivity contribution in [3.8, 4) is 11.5 Å². The van der Waals surface area contributed by atoms with E-state index in [-0.39, 0.29) is 12.6 Å². The summed E-state index contributed by atoms with van der Waals surface area (Å²) < 4.78 is 15.7. The van der Waals surface area contributed by atoms with Crippen molar-refractivity contribution in [1.29, 1.82) is 0 Å². The molecule has 5 nitrogen and oxygen atoms in total. The Morgan fingerprint density at radius 1 is 1.00 bits per heavy atom. The van der Waals surface area contributed by atoms with Gasteiger partial charge < -0.3 is 14.2 Å². The number of hydrogen-bond donors (Lipinski definition) is 0. The zero-order chi connectivity index (χ0) is 16.4. The Hall–Kier alpha value is -2.82. The van der Waals surface area contributed by atoms with Crippen LogP contribution in [0.5, 0.6) is 11.5 Å². The second kappa shape index (κ2) is 6.12. The van der Waals surface area contributed by atoms with Gasteiger partial charge in [0.25, 0.3) is 0 Å². The Labute approximate surface area is 133 Å². The van der Waals surface area contributed by atoms with Gasteiger partial charge in [-0.2, -0.15) is 0 Å². The summed E-state index contributed by atoms with van der Waals surface area (Å²) in [6, 6.07) is 11.9. The maximum atomic E-state index is 12.3. The number of carbonyl (C=O) groups excluding carboxylic acids is 2. The van der Waals surface area contributed by atoms with E-state index in [1.54, 1.807) is 37.3 Å². The third kappa shape index (κ3) is 3.18. The lowest BCUT2D eigenvalue weighted by Gasteiger charge is -2.12. The number of esters is 1. The predicted molar refractivity (Wildman–Crippen MR) is 83.0 cm³/mol. The first-order chi connectivity index (χ1) is 11.0. The third-order valence-electron chi connectivity index (χ3n) is 3.60. The molecular weight excluding hydrogens is 296 g/mol. The molecular formula is C18H16O5. The third-order valence-corrected chi connectivity index (χ3v) is 3.60. The predicted octanol–water partition coefficient (Wildman–Crippen LogP) is 3.15. The van der Waals surface area contributed by atoms with Gasteiger partial charge in [0, 0.05) is 5.56 Å². The van der Waals surface area contributed by atoms with Crippen molar-refractivity contribution in [2.45, 2.75) is 20.0 Å². The number of aryl methyl sites for hydroxylation is 1. The fourth-order valence-corrected chi connectivity index (χ4v) is 2.26. The fourth-order valence-electron chi connectivity index (χ4n) is 2.26. The van der Waals surface area contributed by atoms with Gasteiger partial charge in [0.2, 0.25) is 12.6 Å². The molecule has 3 rings (SSSR count). The van der Waals surface area contributed by atoms with E-state index in [4.69, 9.17) is 14.2 Å². The van der Waals surface area contributed by atoms with E-state index in [1.165, 1.54) is 0 Å². The monoisotopic (exact) mass is 312 g/mol. The molecule has 0 N–H and O–H groups in total. The van der Waals surface area contributed by atoms with Crippen LogP contribution in [-0.2, 0) is 4.74 Å². The van der Waals surface area contributed by atoms with E-state index in [9.17, 15) is 9.59 Å². The van der Waals surface area contributed by atoms with E-state index in [1.807, 2.05) is 19.1 Å². The van der Waals surface area contributed by atoms with Crippen molar-refractivity contribution in [1.82, 2.24) is 0 Å². The average Bonchev–Trinajstić information content (AvgIpc) is 3.02. The van der Waals surface area contributed by atoms with Gasteiger partial charge in [0.1, 0.15) is 0 Å². The molecule has 1 aliphatic heterocycles. The Kier molecular flexibility index (Phi) is 4.02. The van der Waals surface area contributed by atoms with Crippen molar-refractivity contribution in [2.24, 2.45) is 0 Å². The number of Topliss-reactive ketones (excluding diaryl/α,β-unsaturated/α-hetero) is 1. The number of ketones is 1. The molecule has 0 radical (unpaired) electrons. The highest BCUT2D eigenvalue weighted by Gasteiger charge is 2.22. The van der Waals surface area contributed by atoms with Crippen LogP contribution >= 0.6 is 0 Å². The Balaban J connectivity index is 1.69. The molecule has 0 amide bonds. The second-order valence-corrected chi connectivity index (χ2v) is 5.35. The molecule has 0 saturated carbocycles. The Morgan fingerprint density at radius 3 is 2.39 bits per heavy atom. The average molecular weight is 312 g/mol. The van der Waals surface area contributed by atoms with Gasteiger partial charge in [-0.1, -0.05) is 29.8 Å². The molecule has 0 fully saturated rings. The van der Waals surface area contributed by atoms with Crippen molar-refractivity contribution >= 4 is 11.8 Å². The number of carbonyl (C=O) groups is 2. The number of ether oxygens (including phenoxy) is 3. The van der Waals surface area contributed by atoms with Gasteiger partial charge in [0.15, 0.2) is 17.6 Å². The highest BCUT2D eigenvalue weighted by molar-refractivity contribution is 6.01. The largest absolute Gasteiger partial charge is 0.454 e. The first-order valence-electron chi connectivity index (χ1n) is 7.26. The number of fused-ring (bicyclic) bond motifs is 1. The summed E-state index contributed by atoms with van der Waals surface area (Å²) >= 11 is 0. The second-order valence-electron chi connectivity index (χ2n) is 5.35. The van der Waals surface area contributed by atoms with Crippen LogP contribution in [-0.4, -0.2) is 24.6 Å². The maximum Gasteiger partial charge on any atom is 0.338 e. The summed E-state index contributed by atoms with van der Waals surface area (Å²) in [4.78, 5) is 24.5. The number of hydrogen-bond acceptors (Lipinski definition) is 5. The van der Waals surface area contributed by atoms with Crippen LogP contribution < -0.4 is 9.47 Å². The minimum atomic E-state index is -0.865. The first-order valence-corrected chi connectivity index (χ1v) is 7.26. The molecule has 1 aliphatic rings. The van der Waals surface area contributed by atoms with Crippen molar-refractivity contribution < 1.29 is 23.8 Å².